The lowest BCUT2D eigenvalue weighted by Gasteiger charge is -2.10. The van der Waals surface area contributed by atoms with Crippen molar-refractivity contribution < 1.29 is 22.8 Å². The third-order valence-corrected chi connectivity index (χ3v) is 4.97. The molecule has 0 radical (unpaired) electrons. The SMILES string of the molecule is Cc1ccc(N=C2NC(=O)C(CC(=O)Nc3cccc(C(F)(F)F)c3)S2)cc1. The van der Waals surface area contributed by atoms with Crippen molar-refractivity contribution in [1.82, 2.24) is 5.32 Å². The predicted molar refractivity (Wildman–Crippen MR) is 102 cm³/mol. The maximum atomic E-state index is 12.7. The standard InChI is InChI=1S/C19H16F3N3O2S/c1-11-5-7-13(8-6-11)24-18-25-17(27)15(28-18)10-16(26)23-14-4-2-3-12(9-14)19(20,21)22/h2-9,15H,10H2,1H3,(H,23,26)(H,24,25,27). The first-order chi connectivity index (χ1) is 13.2. The van der Waals surface area contributed by atoms with Crippen LogP contribution in [0, 0.1) is 6.92 Å². The Labute approximate surface area is 163 Å². The number of carbonyl (C=O) groups is 2. The molecule has 2 aromatic rings. The summed E-state index contributed by atoms with van der Waals surface area (Å²) in [6.07, 6.45) is -4.68. The van der Waals surface area contributed by atoms with Gasteiger partial charge >= 0.3 is 6.18 Å². The summed E-state index contributed by atoms with van der Waals surface area (Å²) in [5.74, 6) is -0.918. The van der Waals surface area contributed by atoms with Crippen LogP contribution in [-0.2, 0) is 15.8 Å². The van der Waals surface area contributed by atoms with Crippen LogP contribution in [-0.4, -0.2) is 22.2 Å². The number of carbonyl (C=O) groups excluding carboxylic acids is 2. The fourth-order valence-corrected chi connectivity index (χ4v) is 3.47. The van der Waals surface area contributed by atoms with E-state index in [1.165, 1.54) is 12.1 Å². The van der Waals surface area contributed by atoms with Gasteiger partial charge in [0.25, 0.3) is 0 Å². The zero-order valence-corrected chi connectivity index (χ0v) is 15.5. The minimum Gasteiger partial charge on any atom is -0.326 e. The molecular formula is C19H16F3N3O2S. The molecule has 9 heteroatoms. The molecule has 0 saturated carbocycles. The molecule has 2 N–H and O–H groups in total. The van der Waals surface area contributed by atoms with Crippen LogP contribution in [0.4, 0.5) is 24.5 Å². The lowest BCUT2D eigenvalue weighted by molar-refractivity contribution is -0.137. The molecule has 2 aromatic carbocycles. The van der Waals surface area contributed by atoms with E-state index in [-0.39, 0.29) is 18.0 Å². The summed E-state index contributed by atoms with van der Waals surface area (Å²) in [6.45, 7) is 1.95. The number of anilines is 1. The number of benzene rings is 2. The lowest BCUT2D eigenvalue weighted by atomic mass is 10.2. The average Bonchev–Trinajstić information content (AvgIpc) is 2.95. The number of nitrogens with one attached hydrogen (secondary N) is 2. The van der Waals surface area contributed by atoms with Gasteiger partial charge in [0.2, 0.25) is 11.8 Å². The minimum atomic E-state index is -4.50. The molecule has 1 saturated heterocycles. The van der Waals surface area contributed by atoms with Crippen molar-refractivity contribution in [1.29, 1.82) is 0 Å². The van der Waals surface area contributed by atoms with Crippen molar-refractivity contribution in [2.24, 2.45) is 4.99 Å². The van der Waals surface area contributed by atoms with Crippen LogP contribution in [0.3, 0.4) is 0 Å². The molecule has 1 heterocycles. The molecule has 0 spiro atoms. The zero-order chi connectivity index (χ0) is 20.3. The van der Waals surface area contributed by atoms with Gasteiger partial charge in [-0.25, -0.2) is 4.99 Å². The van der Waals surface area contributed by atoms with E-state index in [1.54, 1.807) is 0 Å². The largest absolute Gasteiger partial charge is 0.416 e. The zero-order valence-electron chi connectivity index (χ0n) is 14.7. The molecule has 2 amide bonds. The Morgan fingerprint density at radius 1 is 1.21 bits per heavy atom. The molecular weight excluding hydrogens is 391 g/mol. The molecule has 0 aliphatic carbocycles. The first kappa shape index (κ1) is 19.9. The number of amides is 2. The van der Waals surface area contributed by atoms with E-state index in [1.807, 2.05) is 31.2 Å². The summed E-state index contributed by atoms with van der Waals surface area (Å²) in [5.41, 5.74) is 0.918. The number of hydrogen-bond donors (Lipinski definition) is 2. The van der Waals surface area contributed by atoms with Crippen molar-refractivity contribution >= 4 is 40.1 Å². The second-order valence-corrected chi connectivity index (χ2v) is 7.37. The fourth-order valence-electron chi connectivity index (χ4n) is 2.48. The van der Waals surface area contributed by atoms with Crippen LogP contribution < -0.4 is 10.6 Å². The third-order valence-electron chi connectivity index (χ3n) is 3.89. The van der Waals surface area contributed by atoms with Crippen molar-refractivity contribution in [2.45, 2.75) is 24.8 Å². The second-order valence-electron chi connectivity index (χ2n) is 6.18. The van der Waals surface area contributed by atoms with Crippen molar-refractivity contribution in [3.63, 3.8) is 0 Å². The van der Waals surface area contributed by atoms with Crippen molar-refractivity contribution in [3.8, 4) is 0 Å². The maximum Gasteiger partial charge on any atom is 0.416 e. The van der Waals surface area contributed by atoms with Crippen LogP contribution >= 0.6 is 11.8 Å². The Balaban J connectivity index is 1.61. The highest BCUT2D eigenvalue weighted by Gasteiger charge is 2.33. The fraction of sp³-hybridized carbons (Fsp3) is 0.211. The van der Waals surface area contributed by atoms with Gasteiger partial charge in [-0.3, -0.25) is 9.59 Å². The Morgan fingerprint density at radius 2 is 1.93 bits per heavy atom. The number of amidine groups is 1. The number of aryl methyl sites for hydroxylation is 1. The van der Waals surface area contributed by atoms with Gasteiger partial charge in [0.15, 0.2) is 5.17 Å². The molecule has 0 aromatic heterocycles. The number of thioether (sulfide) groups is 1. The molecule has 1 aliphatic rings. The molecule has 1 unspecified atom stereocenters. The van der Waals surface area contributed by atoms with E-state index in [2.05, 4.69) is 15.6 Å². The number of hydrogen-bond acceptors (Lipinski definition) is 4. The quantitative estimate of drug-likeness (QED) is 0.796. The molecule has 1 aliphatic heterocycles. The van der Waals surface area contributed by atoms with E-state index in [0.717, 1.165) is 29.5 Å². The Hall–Kier alpha value is -2.81. The van der Waals surface area contributed by atoms with Crippen molar-refractivity contribution in [2.75, 3.05) is 5.32 Å². The summed E-state index contributed by atoms with van der Waals surface area (Å²) >= 11 is 1.11. The van der Waals surface area contributed by atoms with Gasteiger partial charge in [-0.15, -0.1) is 0 Å². The van der Waals surface area contributed by atoms with E-state index in [0.29, 0.717) is 10.9 Å². The Bertz CT molecular complexity index is 927. The highest BCUT2D eigenvalue weighted by atomic mass is 32.2. The van der Waals surface area contributed by atoms with Gasteiger partial charge in [-0.1, -0.05) is 35.5 Å². The molecule has 1 fully saturated rings. The number of nitrogens with zero attached hydrogens (tertiary/aromatic N) is 1. The molecule has 3 rings (SSSR count). The number of rotatable bonds is 4. The average molecular weight is 407 g/mol. The van der Waals surface area contributed by atoms with Gasteiger partial charge in [0.1, 0.15) is 5.25 Å². The monoisotopic (exact) mass is 407 g/mol. The number of halogens is 3. The first-order valence-electron chi connectivity index (χ1n) is 8.31. The molecule has 0 bridgehead atoms. The summed E-state index contributed by atoms with van der Waals surface area (Å²) in [4.78, 5) is 28.5. The topological polar surface area (TPSA) is 70.6 Å². The van der Waals surface area contributed by atoms with Gasteiger partial charge in [-0.05, 0) is 37.3 Å². The van der Waals surface area contributed by atoms with E-state index in [9.17, 15) is 22.8 Å². The molecule has 5 nitrogen and oxygen atoms in total. The van der Waals surface area contributed by atoms with E-state index < -0.39 is 22.9 Å². The minimum absolute atomic E-state index is 0.0248. The van der Waals surface area contributed by atoms with Crippen LogP contribution in [0.15, 0.2) is 53.5 Å². The predicted octanol–water partition coefficient (Wildman–Crippen LogP) is 4.26. The van der Waals surface area contributed by atoms with Crippen LogP contribution in [0.5, 0.6) is 0 Å². The highest BCUT2D eigenvalue weighted by Crippen LogP contribution is 2.31. The smallest absolute Gasteiger partial charge is 0.326 e. The third kappa shape index (κ3) is 5.13. The Kier molecular flexibility index (Phi) is 5.73. The lowest BCUT2D eigenvalue weighted by Crippen LogP contribution is -2.28. The second kappa shape index (κ2) is 8.05. The van der Waals surface area contributed by atoms with Crippen LogP contribution in [0.2, 0.25) is 0 Å². The number of aliphatic imine (C=N–C) groups is 1. The highest BCUT2D eigenvalue weighted by molar-refractivity contribution is 8.15. The first-order valence-corrected chi connectivity index (χ1v) is 9.19. The van der Waals surface area contributed by atoms with Gasteiger partial charge in [0.05, 0.1) is 11.3 Å². The Morgan fingerprint density at radius 3 is 2.61 bits per heavy atom. The van der Waals surface area contributed by atoms with E-state index in [4.69, 9.17) is 0 Å². The summed E-state index contributed by atoms with van der Waals surface area (Å²) in [6, 6.07) is 11.7. The molecule has 28 heavy (non-hydrogen) atoms. The van der Waals surface area contributed by atoms with Crippen LogP contribution in [0.1, 0.15) is 17.5 Å². The normalized spacial score (nSPS) is 18.2. The number of alkyl halides is 3. The van der Waals surface area contributed by atoms with Crippen LogP contribution in [0.25, 0.3) is 0 Å². The van der Waals surface area contributed by atoms with Gasteiger partial charge < -0.3 is 10.6 Å². The van der Waals surface area contributed by atoms with Crippen molar-refractivity contribution in [3.05, 3.63) is 59.7 Å². The van der Waals surface area contributed by atoms with Gasteiger partial charge in [-0.2, -0.15) is 13.2 Å². The maximum absolute atomic E-state index is 12.7. The van der Waals surface area contributed by atoms with E-state index >= 15 is 0 Å². The molecule has 146 valence electrons. The van der Waals surface area contributed by atoms with Gasteiger partial charge in [0, 0.05) is 12.1 Å². The summed E-state index contributed by atoms with van der Waals surface area (Å²) < 4.78 is 38.2. The summed E-state index contributed by atoms with van der Waals surface area (Å²) in [7, 11) is 0. The molecule has 1 atom stereocenters. The summed E-state index contributed by atoms with van der Waals surface area (Å²) in [5, 5.41) is 4.69.